The Kier molecular flexibility index (Phi) is 6.07. The maximum Gasteiger partial charge on any atom is 0.343 e. The monoisotopic (exact) mass is 375 g/mol. The molecule has 0 aliphatic heterocycles. The molecule has 3 aromatic carbocycles. The van der Waals surface area contributed by atoms with Crippen LogP contribution in [-0.2, 0) is 0 Å². The van der Waals surface area contributed by atoms with Crippen molar-refractivity contribution in [2.75, 3.05) is 6.61 Å². The van der Waals surface area contributed by atoms with Crippen molar-refractivity contribution in [3.05, 3.63) is 83.4 Å². The lowest BCUT2D eigenvalue weighted by atomic mass is 10.2. The molecule has 142 valence electrons. The fraction of sp³-hybridized carbons (Fsp3) is 0.130. The molecule has 5 nitrogen and oxygen atoms in total. The molecule has 0 aliphatic carbocycles. The molecule has 1 N–H and O–H groups in total. The molecular formula is C23H21NO4. The first-order valence-electron chi connectivity index (χ1n) is 8.94. The van der Waals surface area contributed by atoms with Crippen LogP contribution >= 0.6 is 0 Å². The largest absolute Gasteiger partial charge is 0.507 e. The van der Waals surface area contributed by atoms with Gasteiger partial charge in [0.1, 0.15) is 17.2 Å². The number of rotatable bonds is 6. The van der Waals surface area contributed by atoms with Crippen molar-refractivity contribution in [2.24, 2.45) is 4.99 Å². The van der Waals surface area contributed by atoms with Crippen LogP contribution in [0.1, 0.15) is 28.4 Å². The molecule has 0 bridgehead atoms. The molecule has 0 fully saturated rings. The van der Waals surface area contributed by atoms with E-state index in [4.69, 9.17) is 9.47 Å². The zero-order chi connectivity index (χ0) is 19.9. The fourth-order valence-electron chi connectivity index (χ4n) is 2.56. The molecule has 0 radical (unpaired) electrons. The summed E-state index contributed by atoms with van der Waals surface area (Å²) in [5.74, 6) is 0.413. The van der Waals surface area contributed by atoms with E-state index < -0.39 is 5.97 Å². The molecule has 0 heterocycles. The van der Waals surface area contributed by atoms with Gasteiger partial charge < -0.3 is 14.6 Å². The van der Waals surface area contributed by atoms with Gasteiger partial charge in [0.15, 0.2) is 0 Å². The van der Waals surface area contributed by atoms with E-state index in [2.05, 4.69) is 4.99 Å². The maximum absolute atomic E-state index is 12.3. The lowest BCUT2D eigenvalue weighted by Gasteiger charge is -2.07. The van der Waals surface area contributed by atoms with Crippen LogP contribution in [0.15, 0.2) is 71.7 Å². The van der Waals surface area contributed by atoms with E-state index in [9.17, 15) is 9.90 Å². The van der Waals surface area contributed by atoms with Crippen LogP contribution < -0.4 is 9.47 Å². The summed E-state index contributed by atoms with van der Waals surface area (Å²) in [6, 6.07) is 19.1. The van der Waals surface area contributed by atoms with Crippen molar-refractivity contribution in [3.8, 4) is 17.2 Å². The summed E-state index contributed by atoms with van der Waals surface area (Å²) in [6.45, 7) is 4.42. The van der Waals surface area contributed by atoms with Gasteiger partial charge in [-0.25, -0.2) is 4.79 Å². The molecule has 3 rings (SSSR count). The summed E-state index contributed by atoms with van der Waals surface area (Å²) in [7, 11) is 0. The second-order valence-corrected chi connectivity index (χ2v) is 6.11. The number of aliphatic imine (C=N–C) groups is 1. The zero-order valence-electron chi connectivity index (χ0n) is 15.8. The standard InChI is InChI=1S/C23H21NO4/c1-3-27-19-11-8-17(9-12-19)23(26)28-20-13-10-18(22(25)14-20)15-24-21-7-5-4-6-16(21)2/h4-15,25H,3H2,1-2H3. The predicted molar refractivity (Wildman–Crippen MR) is 109 cm³/mol. The number of aromatic hydroxyl groups is 1. The second kappa shape index (κ2) is 8.86. The number of aryl methyl sites for hydroxylation is 1. The van der Waals surface area contributed by atoms with Crippen molar-refractivity contribution in [3.63, 3.8) is 0 Å². The molecule has 0 aromatic heterocycles. The van der Waals surface area contributed by atoms with Gasteiger partial charge in [0.2, 0.25) is 0 Å². The Labute approximate surface area is 163 Å². The van der Waals surface area contributed by atoms with E-state index in [1.165, 1.54) is 6.07 Å². The van der Waals surface area contributed by atoms with Crippen LogP contribution in [0.3, 0.4) is 0 Å². The molecule has 0 saturated heterocycles. The highest BCUT2D eigenvalue weighted by Crippen LogP contribution is 2.25. The highest BCUT2D eigenvalue weighted by atomic mass is 16.5. The van der Waals surface area contributed by atoms with Crippen molar-refractivity contribution in [2.45, 2.75) is 13.8 Å². The van der Waals surface area contributed by atoms with Gasteiger partial charge in [0, 0.05) is 17.8 Å². The summed E-state index contributed by atoms with van der Waals surface area (Å²) in [4.78, 5) is 16.7. The molecule has 0 aliphatic rings. The maximum atomic E-state index is 12.3. The number of phenols is 1. The normalized spacial score (nSPS) is 10.8. The molecule has 28 heavy (non-hydrogen) atoms. The number of nitrogens with zero attached hydrogens (tertiary/aromatic N) is 1. The lowest BCUT2D eigenvalue weighted by molar-refractivity contribution is 0.0734. The van der Waals surface area contributed by atoms with E-state index >= 15 is 0 Å². The zero-order valence-corrected chi connectivity index (χ0v) is 15.8. The number of carbonyl (C=O) groups is 1. The van der Waals surface area contributed by atoms with Crippen molar-refractivity contribution in [1.29, 1.82) is 0 Å². The van der Waals surface area contributed by atoms with Crippen LogP contribution in [0.4, 0.5) is 5.69 Å². The number of carbonyl (C=O) groups excluding carboxylic acids is 1. The minimum absolute atomic E-state index is 0.0191. The first-order valence-corrected chi connectivity index (χ1v) is 8.94. The molecular weight excluding hydrogens is 354 g/mol. The highest BCUT2D eigenvalue weighted by molar-refractivity contribution is 5.91. The first-order chi connectivity index (χ1) is 13.6. The molecule has 0 unspecified atom stereocenters. The minimum Gasteiger partial charge on any atom is -0.507 e. The Morgan fingerprint density at radius 2 is 1.75 bits per heavy atom. The third-order valence-corrected chi connectivity index (χ3v) is 4.07. The predicted octanol–water partition coefficient (Wildman–Crippen LogP) is 5.07. The number of hydrogen-bond donors (Lipinski definition) is 1. The molecule has 0 spiro atoms. The van der Waals surface area contributed by atoms with Gasteiger partial charge in [-0.1, -0.05) is 18.2 Å². The Morgan fingerprint density at radius 3 is 2.43 bits per heavy atom. The Morgan fingerprint density at radius 1 is 1.04 bits per heavy atom. The van der Waals surface area contributed by atoms with Gasteiger partial charge in [0.05, 0.1) is 17.9 Å². The number of benzene rings is 3. The van der Waals surface area contributed by atoms with Gasteiger partial charge in [-0.15, -0.1) is 0 Å². The van der Waals surface area contributed by atoms with E-state index in [-0.39, 0.29) is 11.5 Å². The topological polar surface area (TPSA) is 68.1 Å². The van der Waals surface area contributed by atoms with Gasteiger partial charge in [-0.05, 0) is 61.9 Å². The summed E-state index contributed by atoms with van der Waals surface area (Å²) < 4.78 is 10.7. The third-order valence-electron chi connectivity index (χ3n) is 4.07. The Bertz CT molecular complexity index is 994. The summed E-state index contributed by atoms with van der Waals surface area (Å²) in [5.41, 5.74) is 2.80. The van der Waals surface area contributed by atoms with E-state index in [0.29, 0.717) is 23.5 Å². The van der Waals surface area contributed by atoms with Crippen LogP contribution in [-0.4, -0.2) is 23.9 Å². The smallest absolute Gasteiger partial charge is 0.343 e. The lowest BCUT2D eigenvalue weighted by Crippen LogP contribution is -2.08. The van der Waals surface area contributed by atoms with Crippen molar-refractivity contribution < 1.29 is 19.4 Å². The SMILES string of the molecule is CCOc1ccc(C(=O)Oc2ccc(C=Nc3ccccc3C)c(O)c2)cc1. The molecule has 0 amide bonds. The van der Waals surface area contributed by atoms with Crippen LogP contribution in [0, 0.1) is 6.92 Å². The number of ether oxygens (including phenoxy) is 2. The fourth-order valence-corrected chi connectivity index (χ4v) is 2.56. The molecule has 0 atom stereocenters. The second-order valence-electron chi connectivity index (χ2n) is 6.11. The summed E-state index contributed by atoms with van der Waals surface area (Å²) in [5, 5.41) is 10.2. The first kappa shape index (κ1) is 19.2. The van der Waals surface area contributed by atoms with Crippen LogP contribution in [0.25, 0.3) is 0 Å². The van der Waals surface area contributed by atoms with Crippen LogP contribution in [0.2, 0.25) is 0 Å². The number of para-hydroxylation sites is 1. The summed E-state index contributed by atoms with van der Waals surface area (Å²) in [6.07, 6.45) is 1.58. The van der Waals surface area contributed by atoms with Gasteiger partial charge in [0.25, 0.3) is 0 Å². The van der Waals surface area contributed by atoms with E-state index in [1.807, 2.05) is 38.1 Å². The summed E-state index contributed by atoms with van der Waals surface area (Å²) >= 11 is 0. The Hall–Kier alpha value is -3.60. The molecule has 3 aromatic rings. The van der Waals surface area contributed by atoms with Gasteiger partial charge in [-0.3, -0.25) is 4.99 Å². The third kappa shape index (κ3) is 4.76. The number of phenolic OH excluding ortho intramolecular Hbond substituents is 1. The number of esters is 1. The average Bonchev–Trinajstić information content (AvgIpc) is 2.69. The minimum atomic E-state index is -0.510. The van der Waals surface area contributed by atoms with Crippen molar-refractivity contribution >= 4 is 17.9 Å². The number of hydrogen-bond acceptors (Lipinski definition) is 5. The highest BCUT2D eigenvalue weighted by Gasteiger charge is 2.10. The molecule has 0 saturated carbocycles. The van der Waals surface area contributed by atoms with E-state index in [0.717, 1.165) is 11.3 Å². The van der Waals surface area contributed by atoms with Gasteiger partial charge >= 0.3 is 5.97 Å². The van der Waals surface area contributed by atoms with Gasteiger partial charge in [-0.2, -0.15) is 0 Å². The van der Waals surface area contributed by atoms with E-state index in [1.54, 1.807) is 42.6 Å². The average molecular weight is 375 g/mol. The van der Waals surface area contributed by atoms with Crippen LogP contribution in [0.5, 0.6) is 17.2 Å². The molecule has 5 heteroatoms. The quantitative estimate of drug-likeness (QED) is 0.371. The van der Waals surface area contributed by atoms with Crippen molar-refractivity contribution in [1.82, 2.24) is 0 Å². The Balaban J connectivity index is 1.70.